The number of nitrogens with zero attached hydrogens (tertiary/aromatic N) is 1. The van der Waals surface area contributed by atoms with Gasteiger partial charge >= 0.3 is 0 Å². The molecule has 0 radical (unpaired) electrons. The van der Waals surface area contributed by atoms with Gasteiger partial charge in [-0.15, -0.1) is 0 Å². The summed E-state index contributed by atoms with van der Waals surface area (Å²) in [7, 11) is 3.07. The van der Waals surface area contributed by atoms with Crippen molar-refractivity contribution in [2.24, 2.45) is 0 Å². The van der Waals surface area contributed by atoms with E-state index in [9.17, 15) is 9.59 Å². The van der Waals surface area contributed by atoms with Crippen molar-refractivity contribution < 1.29 is 19.1 Å². The number of carbonyl (C=O) groups is 2. The lowest BCUT2D eigenvalue weighted by molar-refractivity contribution is -0.116. The zero-order valence-electron chi connectivity index (χ0n) is 16.5. The molecule has 0 heterocycles. The van der Waals surface area contributed by atoms with Gasteiger partial charge in [0.2, 0.25) is 5.91 Å². The largest absolute Gasteiger partial charge is 0.497 e. The molecule has 2 rings (SSSR count). The molecule has 1 N–H and O–H groups in total. The van der Waals surface area contributed by atoms with Crippen LogP contribution in [0.4, 0.5) is 5.69 Å². The number of ether oxygens (including phenoxy) is 2. The Balaban J connectivity index is 2.06. The molecule has 0 aliphatic carbocycles. The molecule has 0 aromatic heterocycles. The highest BCUT2D eigenvalue weighted by molar-refractivity contribution is 5.95. The highest BCUT2D eigenvalue weighted by Crippen LogP contribution is 2.23. The molecule has 0 atom stereocenters. The van der Waals surface area contributed by atoms with Crippen molar-refractivity contribution in [3.8, 4) is 11.5 Å². The number of amides is 2. The first kappa shape index (κ1) is 20.3. The summed E-state index contributed by atoms with van der Waals surface area (Å²) in [6.07, 6.45) is 0. The fourth-order valence-electron chi connectivity index (χ4n) is 2.88. The standard InChI is InChI=1S/C21H26N2O4/c1-14-6-7-20(15(2)10-14)23(16(3)24)9-8-22-21(25)17-11-18(26-4)13-19(12-17)27-5/h6-7,10-13H,8-9H2,1-5H3,(H,22,25). The third kappa shape index (κ3) is 5.23. The molecule has 0 bridgehead atoms. The van der Waals surface area contributed by atoms with Gasteiger partial charge in [0, 0.05) is 37.3 Å². The lowest BCUT2D eigenvalue weighted by Crippen LogP contribution is -2.38. The van der Waals surface area contributed by atoms with E-state index in [1.54, 1.807) is 23.1 Å². The molecule has 2 amide bonds. The zero-order valence-corrected chi connectivity index (χ0v) is 16.5. The summed E-state index contributed by atoms with van der Waals surface area (Å²) in [4.78, 5) is 26.2. The van der Waals surface area contributed by atoms with Gasteiger partial charge in [-0.1, -0.05) is 17.7 Å². The maximum atomic E-state index is 12.5. The molecule has 6 nitrogen and oxygen atoms in total. The SMILES string of the molecule is COc1cc(OC)cc(C(=O)NCCN(C(C)=O)c2ccc(C)cc2C)c1. The number of carbonyl (C=O) groups excluding carboxylic acids is 2. The van der Waals surface area contributed by atoms with Crippen LogP contribution in [0, 0.1) is 13.8 Å². The summed E-state index contributed by atoms with van der Waals surface area (Å²) in [6.45, 7) is 6.21. The Morgan fingerprint density at radius 1 is 1.00 bits per heavy atom. The summed E-state index contributed by atoms with van der Waals surface area (Å²) in [5.74, 6) is 0.760. The summed E-state index contributed by atoms with van der Waals surface area (Å²) in [5, 5.41) is 2.84. The molecule has 27 heavy (non-hydrogen) atoms. The molecule has 0 aliphatic heterocycles. The van der Waals surface area contributed by atoms with Crippen molar-refractivity contribution in [2.75, 3.05) is 32.2 Å². The van der Waals surface area contributed by atoms with Gasteiger partial charge < -0.3 is 19.7 Å². The Morgan fingerprint density at radius 3 is 2.15 bits per heavy atom. The van der Waals surface area contributed by atoms with Crippen molar-refractivity contribution in [3.05, 3.63) is 53.1 Å². The molecule has 0 unspecified atom stereocenters. The molecule has 0 aliphatic rings. The molecule has 2 aromatic rings. The second kappa shape index (κ2) is 9.07. The van der Waals surface area contributed by atoms with E-state index in [1.165, 1.54) is 21.1 Å². The highest BCUT2D eigenvalue weighted by atomic mass is 16.5. The second-order valence-electron chi connectivity index (χ2n) is 6.32. The molecule has 0 fully saturated rings. The van der Waals surface area contributed by atoms with Gasteiger partial charge in [-0.3, -0.25) is 9.59 Å². The molecule has 2 aromatic carbocycles. The fourth-order valence-corrected chi connectivity index (χ4v) is 2.88. The van der Waals surface area contributed by atoms with Gasteiger partial charge in [-0.2, -0.15) is 0 Å². The van der Waals surface area contributed by atoms with Gasteiger partial charge in [0.1, 0.15) is 11.5 Å². The van der Waals surface area contributed by atoms with Crippen molar-refractivity contribution in [3.63, 3.8) is 0 Å². The molecule has 0 spiro atoms. The normalized spacial score (nSPS) is 10.3. The third-order valence-electron chi connectivity index (χ3n) is 4.26. The molecular formula is C21H26N2O4. The fraction of sp³-hybridized carbons (Fsp3) is 0.333. The van der Waals surface area contributed by atoms with E-state index in [1.807, 2.05) is 32.0 Å². The van der Waals surface area contributed by atoms with Crippen molar-refractivity contribution >= 4 is 17.5 Å². The predicted molar refractivity (Wildman–Crippen MR) is 106 cm³/mol. The van der Waals surface area contributed by atoms with E-state index < -0.39 is 0 Å². The number of hydrogen-bond donors (Lipinski definition) is 1. The summed E-state index contributed by atoms with van der Waals surface area (Å²) in [6, 6.07) is 10.9. The number of rotatable bonds is 7. The van der Waals surface area contributed by atoms with Gasteiger partial charge in [0.25, 0.3) is 5.91 Å². The monoisotopic (exact) mass is 370 g/mol. The first-order valence-corrected chi connectivity index (χ1v) is 8.72. The predicted octanol–water partition coefficient (Wildman–Crippen LogP) is 3.10. The van der Waals surface area contributed by atoms with Crippen molar-refractivity contribution in [2.45, 2.75) is 20.8 Å². The first-order valence-electron chi connectivity index (χ1n) is 8.72. The maximum Gasteiger partial charge on any atom is 0.251 e. The van der Waals surface area contributed by atoms with Crippen LogP contribution in [0.15, 0.2) is 36.4 Å². The number of nitrogens with one attached hydrogen (secondary N) is 1. The van der Waals surface area contributed by atoms with E-state index in [4.69, 9.17) is 9.47 Å². The van der Waals surface area contributed by atoms with Crippen LogP contribution in [-0.2, 0) is 4.79 Å². The Morgan fingerprint density at radius 2 is 1.63 bits per heavy atom. The topological polar surface area (TPSA) is 67.9 Å². The number of aryl methyl sites for hydroxylation is 2. The lowest BCUT2D eigenvalue weighted by atomic mass is 10.1. The number of methoxy groups -OCH3 is 2. The average molecular weight is 370 g/mol. The van der Waals surface area contributed by atoms with Crippen LogP contribution in [-0.4, -0.2) is 39.1 Å². The Bertz CT molecular complexity index is 811. The minimum absolute atomic E-state index is 0.0701. The Hall–Kier alpha value is -3.02. The zero-order chi connectivity index (χ0) is 20.0. The maximum absolute atomic E-state index is 12.5. The Labute approximate surface area is 160 Å². The van der Waals surface area contributed by atoms with Crippen LogP contribution >= 0.6 is 0 Å². The molecule has 0 saturated heterocycles. The molecule has 144 valence electrons. The lowest BCUT2D eigenvalue weighted by Gasteiger charge is -2.23. The van der Waals surface area contributed by atoms with Crippen LogP contribution in [0.25, 0.3) is 0 Å². The summed E-state index contributed by atoms with van der Waals surface area (Å²) >= 11 is 0. The van der Waals surface area contributed by atoms with Gasteiger partial charge in [-0.25, -0.2) is 0 Å². The van der Waals surface area contributed by atoms with Crippen LogP contribution in [0.3, 0.4) is 0 Å². The van der Waals surface area contributed by atoms with E-state index in [2.05, 4.69) is 5.32 Å². The summed E-state index contributed by atoms with van der Waals surface area (Å²) in [5.41, 5.74) is 3.45. The number of anilines is 1. The first-order chi connectivity index (χ1) is 12.8. The molecular weight excluding hydrogens is 344 g/mol. The van der Waals surface area contributed by atoms with E-state index in [-0.39, 0.29) is 11.8 Å². The smallest absolute Gasteiger partial charge is 0.251 e. The minimum atomic E-state index is -0.253. The van der Waals surface area contributed by atoms with Crippen molar-refractivity contribution in [1.82, 2.24) is 5.32 Å². The molecule has 0 saturated carbocycles. The van der Waals surface area contributed by atoms with Crippen LogP contribution in [0.2, 0.25) is 0 Å². The van der Waals surface area contributed by atoms with Crippen LogP contribution < -0.4 is 19.7 Å². The van der Waals surface area contributed by atoms with Crippen molar-refractivity contribution in [1.29, 1.82) is 0 Å². The van der Waals surface area contributed by atoms with E-state index in [0.717, 1.165) is 16.8 Å². The van der Waals surface area contributed by atoms with Gasteiger partial charge in [-0.05, 0) is 37.6 Å². The van der Waals surface area contributed by atoms with E-state index >= 15 is 0 Å². The summed E-state index contributed by atoms with van der Waals surface area (Å²) < 4.78 is 10.4. The number of hydrogen-bond acceptors (Lipinski definition) is 4. The van der Waals surface area contributed by atoms with Gasteiger partial charge in [0.15, 0.2) is 0 Å². The Kier molecular flexibility index (Phi) is 6.82. The average Bonchev–Trinajstić information content (AvgIpc) is 2.65. The van der Waals surface area contributed by atoms with Crippen LogP contribution in [0.1, 0.15) is 28.4 Å². The highest BCUT2D eigenvalue weighted by Gasteiger charge is 2.15. The van der Waals surface area contributed by atoms with Crippen LogP contribution in [0.5, 0.6) is 11.5 Å². The molecule has 6 heteroatoms. The quantitative estimate of drug-likeness (QED) is 0.813. The minimum Gasteiger partial charge on any atom is -0.497 e. The third-order valence-corrected chi connectivity index (χ3v) is 4.26. The second-order valence-corrected chi connectivity index (χ2v) is 6.32. The van der Waals surface area contributed by atoms with Gasteiger partial charge in [0.05, 0.1) is 14.2 Å². The van der Waals surface area contributed by atoms with E-state index in [0.29, 0.717) is 30.2 Å². The number of benzene rings is 2.